The lowest BCUT2D eigenvalue weighted by Gasteiger charge is -2.37. The minimum Gasteiger partial charge on any atom is -0.479 e. The van der Waals surface area contributed by atoms with Crippen molar-refractivity contribution in [1.82, 2.24) is 0 Å². The van der Waals surface area contributed by atoms with Crippen LogP contribution in [0.15, 0.2) is 0 Å². The molecule has 0 bridgehead atoms. The Morgan fingerprint density at radius 1 is 1.12 bits per heavy atom. The molecule has 0 amide bonds. The summed E-state index contributed by atoms with van der Waals surface area (Å²) in [6.45, 7) is 1.03. The fourth-order valence-electron chi connectivity index (χ4n) is 1.31. The van der Waals surface area contributed by atoms with Crippen LogP contribution in [-0.4, -0.2) is 63.1 Å². The summed E-state index contributed by atoms with van der Waals surface area (Å²) in [5.41, 5.74) is 0. The van der Waals surface area contributed by atoms with Gasteiger partial charge in [0.1, 0.15) is 18.3 Å². The summed E-state index contributed by atoms with van der Waals surface area (Å²) in [5.74, 6) is -2.34. The minimum absolute atomic E-state index is 0.809. The molecule has 1 aliphatic heterocycles. The summed E-state index contributed by atoms with van der Waals surface area (Å²) in [7, 11) is 0. The second-order valence-corrected chi connectivity index (χ2v) is 3.34. The molecule has 0 aromatic heterocycles. The number of carbonyl (C=O) groups excluding carboxylic acids is 1. The minimum atomic E-state index is -1.79. The van der Waals surface area contributed by atoms with Gasteiger partial charge in [0.05, 0.1) is 0 Å². The maximum Gasteiger partial charge on any atom is 0.335 e. The maximum atomic E-state index is 10.6. The van der Waals surface area contributed by atoms with Gasteiger partial charge in [0.2, 0.25) is 6.29 Å². The SMILES string of the molecule is CC(=O)O[C@H]1O[C@H](C(=O)O)[C@@H](O)[C@H](O)[C@H]1O. The molecule has 0 unspecified atom stereocenters. The second-order valence-electron chi connectivity index (χ2n) is 3.34. The molecule has 1 fully saturated rings. The number of aliphatic hydroxyl groups is 3. The molecular weight excluding hydrogens is 224 g/mol. The van der Waals surface area contributed by atoms with Crippen molar-refractivity contribution in [3.8, 4) is 0 Å². The van der Waals surface area contributed by atoms with Gasteiger partial charge in [0.15, 0.2) is 6.10 Å². The summed E-state index contributed by atoms with van der Waals surface area (Å²) >= 11 is 0. The number of carboxylic acids is 1. The van der Waals surface area contributed by atoms with Crippen molar-refractivity contribution < 1.29 is 39.5 Å². The number of hydrogen-bond donors (Lipinski definition) is 4. The Morgan fingerprint density at radius 3 is 2.12 bits per heavy atom. The molecule has 92 valence electrons. The summed E-state index contributed by atoms with van der Waals surface area (Å²) < 4.78 is 9.11. The Labute approximate surface area is 90.0 Å². The number of carboxylic acid groups (broad SMARTS) is 1. The second kappa shape index (κ2) is 4.74. The van der Waals surface area contributed by atoms with Crippen LogP contribution in [0.2, 0.25) is 0 Å². The number of aliphatic hydroxyl groups excluding tert-OH is 3. The van der Waals surface area contributed by atoms with Crippen LogP contribution in [0, 0.1) is 0 Å². The third-order valence-corrected chi connectivity index (χ3v) is 2.10. The van der Waals surface area contributed by atoms with Gasteiger partial charge in [-0.3, -0.25) is 4.79 Å². The molecule has 1 aliphatic rings. The van der Waals surface area contributed by atoms with E-state index in [1.165, 1.54) is 0 Å². The van der Waals surface area contributed by atoms with Gasteiger partial charge in [-0.05, 0) is 0 Å². The van der Waals surface area contributed by atoms with Crippen LogP contribution in [0.3, 0.4) is 0 Å². The van der Waals surface area contributed by atoms with E-state index in [1.54, 1.807) is 0 Å². The molecule has 5 atom stereocenters. The van der Waals surface area contributed by atoms with E-state index in [2.05, 4.69) is 9.47 Å². The zero-order valence-electron chi connectivity index (χ0n) is 8.31. The van der Waals surface area contributed by atoms with Crippen molar-refractivity contribution in [2.75, 3.05) is 0 Å². The predicted octanol–water partition coefficient (Wildman–Crippen LogP) is -2.56. The van der Waals surface area contributed by atoms with E-state index >= 15 is 0 Å². The van der Waals surface area contributed by atoms with E-state index in [0.29, 0.717) is 0 Å². The first-order valence-corrected chi connectivity index (χ1v) is 4.44. The highest BCUT2D eigenvalue weighted by Crippen LogP contribution is 2.22. The van der Waals surface area contributed by atoms with Gasteiger partial charge in [-0.15, -0.1) is 0 Å². The molecule has 1 heterocycles. The van der Waals surface area contributed by atoms with Crippen molar-refractivity contribution in [3.63, 3.8) is 0 Å². The van der Waals surface area contributed by atoms with Crippen molar-refractivity contribution in [2.45, 2.75) is 37.6 Å². The van der Waals surface area contributed by atoms with E-state index in [0.717, 1.165) is 6.92 Å². The van der Waals surface area contributed by atoms with Gasteiger partial charge in [0.25, 0.3) is 0 Å². The molecule has 0 aromatic carbocycles. The Bertz CT molecular complexity index is 288. The van der Waals surface area contributed by atoms with Crippen LogP contribution in [0.4, 0.5) is 0 Å². The van der Waals surface area contributed by atoms with Gasteiger partial charge in [-0.2, -0.15) is 0 Å². The average molecular weight is 236 g/mol. The summed E-state index contributed by atoms with van der Waals surface area (Å²) in [6.07, 6.45) is -8.63. The Hall–Kier alpha value is -1.22. The standard InChI is InChI=1S/C8H12O8/c1-2(9)15-8-5(12)3(10)4(11)6(16-8)7(13)14/h3-6,8,10-12H,1H3,(H,13,14)/t3-,4-,5+,6-,8-/m0/s1. The van der Waals surface area contributed by atoms with Crippen LogP contribution in [0.25, 0.3) is 0 Å². The number of ether oxygens (including phenoxy) is 2. The molecule has 8 heteroatoms. The molecule has 8 nitrogen and oxygen atoms in total. The normalized spacial score (nSPS) is 39.1. The summed E-state index contributed by atoms with van der Waals surface area (Å²) in [6, 6.07) is 0. The third kappa shape index (κ3) is 2.47. The van der Waals surface area contributed by atoms with Gasteiger partial charge < -0.3 is 29.9 Å². The van der Waals surface area contributed by atoms with Crippen molar-refractivity contribution in [1.29, 1.82) is 0 Å². The van der Waals surface area contributed by atoms with Crippen LogP contribution >= 0.6 is 0 Å². The van der Waals surface area contributed by atoms with E-state index in [-0.39, 0.29) is 0 Å². The van der Waals surface area contributed by atoms with Crippen LogP contribution in [0.5, 0.6) is 0 Å². The van der Waals surface area contributed by atoms with E-state index in [4.69, 9.17) is 5.11 Å². The number of carbonyl (C=O) groups is 2. The monoisotopic (exact) mass is 236 g/mol. The molecule has 0 aliphatic carbocycles. The predicted molar refractivity (Wildman–Crippen MR) is 46.1 cm³/mol. The zero-order chi connectivity index (χ0) is 12.5. The van der Waals surface area contributed by atoms with Gasteiger partial charge in [0, 0.05) is 6.92 Å². The lowest BCUT2D eigenvalue weighted by Crippen LogP contribution is -2.60. The Balaban J connectivity index is 2.80. The molecule has 0 aromatic rings. The molecule has 1 saturated heterocycles. The van der Waals surface area contributed by atoms with Gasteiger partial charge in [-0.25, -0.2) is 4.79 Å². The molecule has 0 radical (unpaired) electrons. The smallest absolute Gasteiger partial charge is 0.335 e. The van der Waals surface area contributed by atoms with Crippen LogP contribution < -0.4 is 0 Å². The van der Waals surface area contributed by atoms with Gasteiger partial charge in [-0.1, -0.05) is 0 Å². The topological polar surface area (TPSA) is 134 Å². The first-order chi connectivity index (χ1) is 7.34. The first kappa shape index (κ1) is 12.8. The molecular formula is C8H12O8. The highest BCUT2D eigenvalue weighted by molar-refractivity contribution is 5.73. The largest absolute Gasteiger partial charge is 0.479 e. The summed E-state index contributed by atoms with van der Waals surface area (Å²) in [5, 5.41) is 36.6. The molecule has 16 heavy (non-hydrogen) atoms. The van der Waals surface area contributed by atoms with Crippen LogP contribution in [0.1, 0.15) is 6.92 Å². The first-order valence-electron chi connectivity index (χ1n) is 4.44. The fraction of sp³-hybridized carbons (Fsp3) is 0.750. The van der Waals surface area contributed by atoms with Gasteiger partial charge >= 0.3 is 11.9 Å². The highest BCUT2D eigenvalue weighted by Gasteiger charge is 2.48. The lowest BCUT2D eigenvalue weighted by atomic mass is 9.99. The fourth-order valence-corrected chi connectivity index (χ4v) is 1.31. The molecule has 0 saturated carbocycles. The van der Waals surface area contributed by atoms with E-state index in [1.807, 2.05) is 0 Å². The van der Waals surface area contributed by atoms with E-state index < -0.39 is 42.6 Å². The number of aliphatic carboxylic acids is 1. The quantitative estimate of drug-likeness (QED) is 0.385. The van der Waals surface area contributed by atoms with Crippen molar-refractivity contribution in [3.05, 3.63) is 0 Å². The van der Waals surface area contributed by atoms with Crippen molar-refractivity contribution >= 4 is 11.9 Å². The lowest BCUT2D eigenvalue weighted by molar-refractivity contribution is -0.285. The van der Waals surface area contributed by atoms with Crippen LogP contribution in [-0.2, 0) is 19.1 Å². The average Bonchev–Trinajstić information content (AvgIpc) is 2.18. The Kier molecular flexibility index (Phi) is 3.81. The highest BCUT2D eigenvalue weighted by atomic mass is 16.7. The molecule has 1 rings (SSSR count). The third-order valence-electron chi connectivity index (χ3n) is 2.10. The maximum absolute atomic E-state index is 10.6. The zero-order valence-corrected chi connectivity index (χ0v) is 8.31. The number of esters is 1. The van der Waals surface area contributed by atoms with Crippen molar-refractivity contribution in [2.24, 2.45) is 0 Å². The van der Waals surface area contributed by atoms with E-state index in [9.17, 15) is 24.9 Å². The number of rotatable bonds is 2. The number of hydrogen-bond acceptors (Lipinski definition) is 7. The summed E-state index contributed by atoms with van der Waals surface area (Å²) in [4.78, 5) is 21.2. The molecule has 4 N–H and O–H groups in total. The molecule has 0 spiro atoms. The Morgan fingerprint density at radius 2 is 1.69 bits per heavy atom.